The zero-order valence-electron chi connectivity index (χ0n) is 10.7. The molecule has 6 nitrogen and oxygen atoms in total. The van der Waals surface area contributed by atoms with Crippen LogP contribution in [-0.2, 0) is 14.8 Å². The molecule has 1 saturated heterocycles. The van der Waals surface area contributed by atoms with Gasteiger partial charge in [-0.2, -0.15) is 4.31 Å². The molecule has 1 heterocycles. The second-order valence-corrected chi connectivity index (χ2v) is 6.92. The molecule has 0 aromatic heterocycles. The number of hydrogen-bond donors (Lipinski definition) is 1. The number of anilines is 1. The maximum Gasteiger partial charge on any atom is 0.320 e. The van der Waals surface area contributed by atoms with Crippen LogP contribution in [0.4, 0.5) is 5.69 Å². The molecule has 0 radical (unpaired) electrons. The third-order valence-corrected chi connectivity index (χ3v) is 5.11. The number of piperazine rings is 1. The number of hydrogen-bond acceptors (Lipinski definition) is 4. The quantitative estimate of drug-likeness (QED) is 0.891. The van der Waals surface area contributed by atoms with Crippen LogP contribution in [0, 0.1) is 0 Å². The van der Waals surface area contributed by atoms with Gasteiger partial charge in [-0.1, -0.05) is 17.7 Å². The molecule has 0 bridgehead atoms. The molecule has 110 valence electrons. The second-order valence-electron chi connectivity index (χ2n) is 4.52. The lowest BCUT2D eigenvalue weighted by Gasteiger charge is -2.35. The van der Waals surface area contributed by atoms with Gasteiger partial charge < -0.3 is 10.0 Å². The van der Waals surface area contributed by atoms with Crippen LogP contribution in [0.3, 0.4) is 0 Å². The van der Waals surface area contributed by atoms with E-state index in [9.17, 15) is 13.2 Å². The number of benzene rings is 1. The van der Waals surface area contributed by atoms with Crippen molar-refractivity contribution in [3.8, 4) is 0 Å². The van der Waals surface area contributed by atoms with Crippen molar-refractivity contribution in [3.05, 3.63) is 29.3 Å². The molecule has 1 aliphatic heterocycles. The van der Waals surface area contributed by atoms with E-state index in [0.717, 1.165) is 5.69 Å². The van der Waals surface area contributed by atoms with Crippen molar-refractivity contribution in [2.24, 2.45) is 0 Å². The summed E-state index contributed by atoms with van der Waals surface area (Å²) in [6, 6.07) is 7.35. The number of carboxylic acids is 1. The third-order valence-electron chi connectivity index (χ3n) is 3.11. The van der Waals surface area contributed by atoms with Gasteiger partial charge in [-0.3, -0.25) is 4.79 Å². The zero-order valence-corrected chi connectivity index (χ0v) is 12.3. The predicted molar refractivity (Wildman–Crippen MR) is 76.7 cm³/mol. The van der Waals surface area contributed by atoms with Crippen LogP contribution in [0.5, 0.6) is 0 Å². The first-order valence-electron chi connectivity index (χ1n) is 6.08. The smallest absolute Gasteiger partial charge is 0.320 e. The van der Waals surface area contributed by atoms with Crippen molar-refractivity contribution in [1.82, 2.24) is 4.31 Å². The standard InChI is InChI=1S/C12H15ClN2O4S/c13-10-2-1-3-11(8-10)14-4-6-15(7-5-14)20(18,19)9-12(16)17/h1-3,8H,4-7,9H2,(H,16,17). The molecule has 0 unspecified atom stereocenters. The maximum absolute atomic E-state index is 11.8. The van der Waals surface area contributed by atoms with Gasteiger partial charge in [0.2, 0.25) is 10.0 Å². The highest BCUT2D eigenvalue weighted by Gasteiger charge is 2.28. The van der Waals surface area contributed by atoms with Gasteiger partial charge in [0.25, 0.3) is 0 Å². The fraction of sp³-hybridized carbons (Fsp3) is 0.417. The van der Waals surface area contributed by atoms with Gasteiger partial charge in [0.15, 0.2) is 5.75 Å². The summed E-state index contributed by atoms with van der Waals surface area (Å²) >= 11 is 5.92. The van der Waals surface area contributed by atoms with E-state index in [0.29, 0.717) is 18.1 Å². The molecule has 1 aliphatic rings. The predicted octanol–water partition coefficient (Wildman–Crippen LogP) is 0.876. The molecular formula is C12H15ClN2O4S. The normalized spacial score (nSPS) is 17.1. The minimum atomic E-state index is -3.72. The Morgan fingerprint density at radius 1 is 1.25 bits per heavy atom. The highest BCUT2D eigenvalue weighted by Crippen LogP contribution is 2.21. The fourth-order valence-corrected chi connectivity index (χ4v) is 3.54. The van der Waals surface area contributed by atoms with Gasteiger partial charge in [0, 0.05) is 36.9 Å². The topological polar surface area (TPSA) is 77.9 Å². The van der Waals surface area contributed by atoms with Crippen LogP contribution in [0.25, 0.3) is 0 Å². The van der Waals surface area contributed by atoms with Crippen LogP contribution in [0.15, 0.2) is 24.3 Å². The maximum atomic E-state index is 11.8. The van der Waals surface area contributed by atoms with Gasteiger partial charge in [-0.15, -0.1) is 0 Å². The molecule has 0 atom stereocenters. The fourth-order valence-electron chi connectivity index (χ4n) is 2.14. The van der Waals surface area contributed by atoms with Crippen molar-refractivity contribution in [2.75, 3.05) is 36.8 Å². The summed E-state index contributed by atoms with van der Waals surface area (Å²) in [5.74, 6) is -2.19. The molecule has 0 amide bonds. The second kappa shape index (κ2) is 5.99. The lowest BCUT2D eigenvalue weighted by Crippen LogP contribution is -2.49. The van der Waals surface area contributed by atoms with E-state index >= 15 is 0 Å². The Labute approximate surface area is 122 Å². The van der Waals surface area contributed by atoms with Gasteiger partial charge in [-0.05, 0) is 18.2 Å². The van der Waals surface area contributed by atoms with E-state index in [1.807, 2.05) is 23.1 Å². The lowest BCUT2D eigenvalue weighted by atomic mass is 10.2. The number of aliphatic carboxylic acids is 1. The van der Waals surface area contributed by atoms with E-state index in [4.69, 9.17) is 16.7 Å². The Bertz CT molecular complexity index is 597. The number of rotatable bonds is 4. The molecule has 0 spiro atoms. The monoisotopic (exact) mass is 318 g/mol. The van der Waals surface area contributed by atoms with Crippen LogP contribution in [-0.4, -0.2) is 55.7 Å². The molecule has 1 N–H and O–H groups in total. The number of sulfonamides is 1. The van der Waals surface area contributed by atoms with Gasteiger partial charge in [-0.25, -0.2) is 8.42 Å². The van der Waals surface area contributed by atoms with Crippen molar-refractivity contribution >= 4 is 33.3 Å². The summed E-state index contributed by atoms with van der Waals surface area (Å²) in [5, 5.41) is 9.24. The Morgan fingerprint density at radius 2 is 1.90 bits per heavy atom. The summed E-state index contributed by atoms with van der Waals surface area (Å²) in [6.07, 6.45) is 0. The highest BCUT2D eigenvalue weighted by atomic mass is 35.5. The summed E-state index contributed by atoms with van der Waals surface area (Å²) < 4.78 is 24.8. The van der Waals surface area contributed by atoms with Crippen LogP contribution < -0.4 is 4.90 Å². The number of halogens is 1. The van der Waals surface area contributed by atoms with Gasteiger partial charge >= 0.3 is 5.97 Å². The molecule has 0 aliphatic carbocycles. The van der Waals surface area contributed by atoms with Crippen molar-refractivity contribution < 1.29 is 18.3 Å². The van der Waals surface area contributed by atoms with E-state index < -0.39 is 21.7 Å². The minimum absolute atomic E-state index is 0.280. The van der Waals surface area contributed by atoms with Crippen molar-refractivity contribution in [2.45, 2.75) is 0 Å². The van der Waals surface area contributed by atoms with E-state index in [2.05, 4.69) is 0 Å². The van der Waals surface area contributed by atoms with Crippen LogP contribution in [0.2, 0.25) is 5.02 Å². The first-order chi connectivity index (χ1) is 9.38. The number of carbonyl (C=O) groups is 1. The first kappa shape index (κ1) is 15.1. The van der Waals surface area contributed by atoms with Gasteiger partial charge in [0.05, 0.1) is 0 Å². The summed E-state index contributed by atoms with van der Waals surface area (Å²) in [7, 11) is -3.72. The van der Waals surface area contributed by atoms with Gasteiger partial charge in [0.1, 0.15) is 0 Å². The molecule has 0 saturated carbocycles. The molecular weight excluding hydrogens is 304 g/mol. The Morgan fingerprint density at radius 3 is 2.45 bits per heavy atom. The van der Waals surface area contributed by atoms with Crippen molar-refractivity contribution in [1.29, 1.82) is 0 Å². The minimum Gasteiger partial charge on any atom is -0.480 e. The average Bonchev–Trinajstić information content (AvgIpc) is 2.37. The Kier molecular flexibility index (Phi) is 4.52. The van der Waals surface area contributed by atoms with E-state index in [1.54, 1.807) is 6.07 Å². The zero-order chi connectivity index (χ0) is 14.8. The van der Waals surface area contributed by atoms with E-state index in [-0.39, 0.29) is 13.1 Å². The Balaban J connectivity index is 2.01. The molecule has 1 aromatic rings. The molecule has 8 heteroatoms. The lowest BCUT2D eigenvalue weighted by molar-refractivity contribution is -0.134. The summed E-state index contributed by atoms with van der Waals surface area (Å²) in [6.45, 7) is 1.59. The van der Waals surface area contributed by atoms with Crippen LogP contribution >= 0.6 is 11.6 Å². The molecule has 20 heavy (non-hydrogen) atoms. The SMILES string of the molecule is O=C(O)CS(=O)(=O)N1CCN(c2cccc(Cl)c2)CC1. The number of nitrogens with zero attached hydrogens (tertiary/aromatic N) is 2. The Hall–Kier alpha value is -1.31. The molecule has 1 aromatic carbocycles. The largest absolute Gasteiger partial charge is 0.480 e. The molecule has 2 rings (SSSR count). The third kappa shape index (κ3) is 3.62. The van der Waals surface area contributed by atoms with Crippen molar-refractivity contribution in [3.63, 3.8) is 0 Å². The summed E-state index contributed by atoms with van der Waals surface area (Å²) in [4.78, 5) is 12.6. The first-order valence-corrected chi connectivity index (χ1v) is 8.07. The average molecular weight is 319 g/mol. The molecule has 1 fully saturated rings. The van der Waals surface area contributed by atoms with E-state index in [1.165, 1.54) is 4.31 Å². The summed E-state index contributed by atoms with van der Waals surface area (Å²) in [5.41, 5.74) is 0.938. The van der Waals surface area contributed by atoms with Crippen LogP contribution in [0.1, 0.15) is 0 Å². The number of carboxylic acid groups (broad SMARTS) is 1. The highest BCUT2D eigenvalue weighted by molar-refractivity contribution is 7.89.